The van der Waals surface area contributed by atoms with E-state index in [1.54, 1.807) is 0 Å². The lowest BCUT2D eigenvalue weighted by molar-refractivity contribution is -0.133. The van der Waals surface area contributed by atoms with Crippen molar-refractivity contribution in [1.29, 1.82) is 0 Å². The largest absolute Gasteiger partial charge is 0.343 e. The highest BCUT2D eigenvalue weighted by atomic mass is 16.2. The van der Waals surface area contributed by atoms with E-state index in [0.29, 0.717) is 19.5 Å². The van der Waals surface area contributed by atoms with E-state index in [2.05, 4.69) is 17.3 Å². The second-order valence-corrected chi connectivity index (χ2v) is 5.18. The Balaban J connectivity index is 2.14. The molecule has 20 heavy (non-hydrogen) atoms. The summed E-state index contributed by atoms with van der Waals surface area (Å²) in [5.74, 6) is 0.280. The molecule has 1 heterocycles. The summed E-state index contributed by atoms with van der Waals surface area (Å²) in [6.45, 7) is 9.82. The molecule has 0 bridgehead atoms. The number of amides is 2. The second-order valence-electron chi connectivity index (χ2n) is 5.18. The van der Waals surface area contributed by atoms with Crippen molar-refractivity contribution in [2.45, 2.75) is 20.3 Å². The summed E-state index contributed by atoms with van der Waals surface area (Å²) in [5, 5.41) is 3.08. The summed E-state index contributed by atoms with van der Waals surface area (Å²) in [6, 6.07) is 0. The molecule has 1 fully saturated rings. The van der Waals surface area contributed by atoms with Crippen molar-refractivity contribution >= 4 is 11.8 Å². The zero-order valence-electron chi connectivity index (χ0n) is 13.0. The smallest absolute Gasteiger partial charge is 0.236 e. The van der Waals surface area contributed by atoms with Gasteiger partial charge in [0, 0.05) is 52.2 Å². The average molecular weight is 284 g/mol. The number of rotatable bonds is 7. The Hall–Kier alpha value is -1.14. The summed E-state index contributed by atoms with van der Waals surface area (Å²) in [5.41, 5.74) is 0. The van der Waals surface area contributed by atoms with Gasteiger partial charge in [0.05, 0.1) is 6.54 Å². The molecule has 116 valence electrons. The van der Waals surface area contributed by atoms with E-state index >= 15 is 0 Å². The molecule has 0 radical (unpaired) electrons. The van der Waals surface area contributed by atoms with Crippen molar-refractivity contribution in [3.63, 3.8) is 0 Å². The molecule has 0 atom stereocenters. The fraction of sp³-hybridized carbons (Fsp3) is 0.857. The Morgan fingerprint density at radius 3 is 2.25 bits per heavy atom. The first-order valence-corrected chi connectivity index (χ1v) is 7.53. The fourth-order valence-electron chi connectivity index (χ4n) is 2.29. The van der Waals surface area contributed by atoms with E-state index in [4.69, 9.17) is 0 Å². The third kappa shape index (κ3) is 5.46. The van der Waals surface area contributed by atoms with E-state index in [0.717, 1.165) is 39.3 Å². The van der Waals surface area contributed by atoms with Gasteiger partial charge in [-0.2, -0.15) is 0 Å². The first kappa shape index (κ1) is 16.9. The van der Waals surface area contributed by atoms with Crippen LogP contribution in [0.25, 0.3) is 0 Å². The van der Waals surface area contributed by atoms with Gasteiger partial charge in [0.15, 0.2) is 0 Å². The lowest BCUT2D eigenvalue weighted by Gasteiger charge is -2.32. The topological polar surface area (TPSA) is 55.9 Å². The van der Waals surface area contributed by atoms with Gasteiger partial charge in [-0.15, -0.1) is 0 Å². The monoisotopic (exact) mass is 284 g/mol. The third-order valence-corrected chi connectivity index (χ3v) is 3.76. The Morgan fingerprint density at radius 1 is 1.10 bits per heavy atom. The van der Waals surface area contributed by atoms with Crippen molar-refractivity contribution in [3.8, 4) is 0 Å². The van der Waals surface area contributed by atoms with E-state index in [1.807, 2.05) is 23.6 Å². The number of nitrogens with one attached hydrogen (secondary N) is 1. The summed E-state index contributed by atoms with van der Waals surface area (Å²) in [7, 11) is 2.07. The Labute approximate surface area is 122 Å². The lowest BCUT2D eigenvalue weighted by atomic mass is 10.3. The van der Waals surface area contributed by atoms with E-state index in [9.17, 15) is 9.59 Å². The van der Waals surface area contributed by atoms with Crippen LogP contribution in [0.2, 0.25) is 0 Å². The van der Waals surface area contributed by atoms with Crippen LogP contribution in [0.1, 0.15) is 20.3 Å². The molecule has 0 aliphatic carbocycles. The number of hydrogen-bond donors (Lipinski definition) is 1. The maximum Gasteiger partial charge on any atom is 0.236 e. The molecule has 0 saturated carbocycles. The normalized spacial score (nSPS) is 16.2. The van der Waals surface area contributed by atoms with Gasteiger partial charge in [-0.1, -0.05) is 0 Å². The predicted octanol–water partition coefficient (Wildman–Crippen LogP) is -0.391. The molecule has 1 rings (SSSR count). The number of hydrogen-bond acceptors (Lipinski definition) is 4. The highest BCUT2D eigenvalue weighted by Crippen LogP contribution is 1.99. The van der Waals surface area contributed by atoms with Crippen LogP contribution < -0.4 is 5.32 Å². The first-order valence-electron chi connectivity index (χ1n) is 7.53. The Bertz CT molecular complexity index is 310. The quantitative estimate of drug-likeness (QED) is 0.647. The van der Waals surface area contributed by atoms with Crippen molar-refractivity contribution in [3.05, 3.63) is 0 Å². The Kier molecular flexibility index (Phi) is 7.54. The van der Waals surface area contributed by atoms with Crippen molar-refractivity contribution in [1.82, 2.24) is 20.0 Å². The molecule has 0 aromatic carbocycles. The highest BCUT2D eigenvalue weighted by molar-refractivity contribution is 5.79. The number of nitrogens with zero attached hydrogens (tertiary/aromatic N) is 3. The summed E-state index contributed by atoms with van der Waals surface area (Å²) < 4.78 is 0. The van der Waals surface area contributed by atoms with Crippen LogP contribution in [0.15, 0.2) is 0 Å². The molecule has 6 heteroatoms. The molecule has 1 N–H and O–H groups in total. The number of likely N-dealkylation sites (N-methyl/N-ethyl adjacent to an activating group) is 1. The van der Waals surface area contributed by atoms with Crippen LogP contribution in [0.4, 0.5) is 0 Å². The summed E-state index contributed by atoms with van der Waals surface area (Å²) in [6.07, 6.45) is 0.456. The Morgan fingerprint density at radius 2 is 1.70 bits per heavy atom. The zero-order valence-corrected chi connectivity index (χ0v) is 13.0. The number of carbonyl (C=O) groups is 2. The van der Waals surface area contributed by atoms with Gasteiger partial charge in [0.25, 0.3) is 0 Å². The second kappa shape index (κ2) is 8.92. The van der Waals surface area contributed by atoms with Crippen molar-refractivity contribution in [2.75, 3.05) is 59.4 Å². The SMILES string of the molecule is CCN(CC)C(=O)CCNCC(=O)N1CCN(C)CC1. The summed E-state index contributed by atoms with van der Waals surface area (Å²) in [4.78, 5) is 29.6. The number of carbonyl (C=O) groups excluding carboxylic acids is 2. The molecule has 1 aliphatic rings. The van der Waals surface area contributed by atoms with Gasteiger partial charge in [-0.05, 0) is 20.9 Å². The maximum atomic E-state index is 11.9. The molecular weight excluding hydrogens is 256 g/mol. The molecular formula is C14H28N4O2. The molecule has 0 aromatic heterocycles. The molecule has 1 saturated heterocycles. The van der Waals surface area contributed by atoms with Crippen LogP contribution in [-0.4, -0.2) is 85.9 Å². The average Bonchev–Trinajstić information content (AvgIpc) is 2.45. The molecule has 1 aliphatic heterocycles. The van der Waals surface area contributed by atoms with Gasteiger partial charge in [-0.25, -0.2) is 0 Å². The standard InChI is InChI=1S/C14H28N4O2/c1-4-17(5-2)13(19)6-7-15-12-14(20)18-10-8-16(3)9-11-18/h15H,4-12H2,1-3H3. The third-order valence-electron chi connectivity index (χ3n) is 3.76. The fourth-order valence-corrected chi connectivity index (χ4v) is 2.29. The predicted molar refractivity (Wildman–Crippen MR) is 79.5 cm³/mol. The lowest BCUT2D eigenvalue weighted by Crippen LogP contribution is -2.49. The van der Waals surface area contributed by atoms with E-state index in [-0.39, 0.29) is 11.8 Å². The van der Waals surface area contributed by atoms with Crippen LogP contribution in [-0.2, 0) is 9.59 Å². The van der Waals surface area contributed by atoms with E-state index in [1.165, 1.54) is 0 Å². The van der Waals surface area contributed by atoms with Crippen LogP contribution in [0.5, 0.6) is 0 Å². The molecule has 0 unspecified atom stereocenters. The van der Waals surface area contributed by atoms with E-state index < -0.39 is 0 Å². The van der Waals surface area contributed by atoms with Gasteiger partial charge >= 0.3 is 0 Å². The molecule has 0 spiro atoms. The minimum Gasteiger partial charge on any atom is -0.343 e. The molecule has 6 nitrogen and oxygen atoms in total. The van der Waals surface area contributed by atoms with Crippen molar-refractivity contribution < 1.29 is 9.59 Å². The van der Waals surface area contributed by atoms with Crippen LogP contribution in [0.3, 0.4) is 0 Å². The van der Waals surface area contributed by atoms with Crippen LogP contribution in [0, 0.1) is 0 Å². The van der Waals surface area contributed by atoms with Gasteiger partial charge in [-0.3, -0.25) is 9.59 Å². The minimum absolute atomic E-state index is 0.133. The highest BCUT2D eigenvalue weighted by Gasteiger charge is 2.18. The molecule has 0 aromatic rings. The van der Waals surface area contributed by atoms with Gasteiger partial charge in [0.1, 0.15) is 0 Å². The first-order chi connectivity index (χ1) is 9.58. The number of piperazine rings is 1. The van der Waals surface area contributed by atoms with Crippen LogP contribution >= 0.6 is 0 Å². The maximum absolute atomic E-state index is 11.9. The molecule has 2 amide bonds. The zero-order chi connectivity index (χ0) is 15.0. The van der Waals surface area contributed by atoms with Crippen molar-refractivity contribution in [2.24, 2.45) is 0 Å². The van der Waals surface area contributed by atoms with Gasteiger partial charge < -0.3 is 20.0 Å². The summed E-state index contributed by atoms with van der Waals surface area (Å²) >= 11 is 0. The minimum atomic E-state index is 0.133. The van der Waals surface area contributed by atoms with Gasteiger partial charge in [0.2, 0.25) is 11.8 Å².